The summed E-state index contributed by atoms with van der Waals surface area (Å²) in [5, 5.41) is 3.06. The highest BCUT2D eigenvalue weighted by Crippen LogP contribution is 2.27. The highest BCUT2D eigenvalue weighted by atomic mass is 16.1. The van der Waals surface area contributed by atoms with Crippen LogP contribution < -0.4 is 10.2 Å². The number of nitrogens with zero attached hydrogens (tertiary/aromatic N) is 3. The molecule has 2 aliphatic rings. The van der Waals surface area contributed by atoms with Crippen molar-refractivity contribution in [2.24, 2.45) is 11.8 Å². The summed E-state index contributed by atoms with van der Waals surface area (Å²) in [4.78, 5) is 24.0. The van der Waals surface area contributed by atoms with Crippen LogP contribution in [0.4, 0.5) is 5.95 Å². The van der Waals surface area contributed by atoms with Crippen LogP contribution in [-0.4, -0.2) is 35.5 Å². The van der Waals surface area contributed by atoms with E-state index in [-0.39, 0.29) is 11.8 Å². The van der Waals surface area contributed by atoms with Crippen LogP contribution in [0.3, 0.4) is 0 Å². The minimum atomic E-state index is 0.0830. The Kier molecular flexibility index (Phi) is 5.69. The molecular weight excluding hydrogens is 300 g/mol. The molecule has 5 nitrogen and oxygen atoms in total. The number of nitrogens with one attached hydrogen (secondary N) is 1. The Labute approximate surface area is 145 Å². The molecule has 1 N–H and O–H groups in total. The average molecular weight is 330 g/mol. The van der Waals surface area contributed by atoms with Gasteiger partial charge in [-0.15, -0.1) is 0 Å². The molecule has 1 aliphatic heterocycles. The Hall–Kier alpha value is -1.65. The van der Waals surface area contributed by atoms with Crippen LogP contribution in [0.5, 0.6) is 0 Å². The van der Waals surface area contributed by atoms with Gasteiger partial charge in [0.2, 0.25) is 11.9 Å². The second-order valence-corrected chi connectivity index (χ2v) is 7.40. The first-order chi connectivity index (χ1) is 11.7. The molecule has 1 aromatic heterocycles. The number of piperidine rings is 1. The van der Waals surface area contributed by atoms with Crippen LogP contribution in [0.25, 0.3) is 0 Å². The standard InChI is InChI=1S/C19H30N4O/c1-3-4-9-20-18(24)15-5-6-17-16(12-15)13-21-19(22-17)23-10-7-14(2)8-11-23/h13-15H,3-12H2,1-2H3,(H,20,24)/t15-/m1/s1. The normalized spacial score (nSPS) is 21.4. The summed E-state index contributed by atoms with van der Waals surface area (Å²) in [6.07, 6.45) is 9.14. The van der Waals surface area contributed by atoms with Gasteiger partial charge in [-0.1, -0.05) is 20.3 Å². The van der Waals surface area contributed by atoms with Crippen LogP contribution >= 0.6 is 0 Å². The summed E-state index contributed by atoms with van der Waals surface area (Å²) >= 11 is 0. The van der Waals surface area contributed by atoms with Gasteiger partial charge in [0, 0.05) is 37.4 Å². The first-order valence-electron chi connectivity index (χ1n) is 9.54. The molecule has 1 aromatic rings. The predicted molar refractivity (Wildman–Crippen MR) is 96.1 cm³/mol. The molecule has 24 heavy (non-hydrogen) atoms. The molecule has 0 radical (unpaired) electrons. The lowest BCUT2D eigenvalue weighted by Gasteiger charge is -2.31. The fraction of sp³-hybridized carbons (Fsp3) is 0.737. The van der Waals surface area contributed by atoms with Crippen molar-refractivity contribution in [3.8, 4) is 0 Å². The minimum absolute atomic E-state index is 0.0830. The topological polar surface area (TPSA) is 58.1 Å². The second kappa shape index (κ2) is 7.95. The molecule has 1 saturated heterocycles. The molecule has 5 heteroatoms. The molecule has 3 rings (SSSR count). The van der Waals surface area contributed by atoms with E-state index in [0.717, 1.165) is 74.9 Å². The van der Waals surface area contributed by atoms with Crippen molar-refractivity contribution >= 4 is 11.9 Å². The number of carbonyl (C=O) groups excluding carboxylic acids is 1. The van der Waals surface area contributed by atoms with Gasteiger partial charge >= 0.3 is 0 Å². The fourth-order valence-electron chi connectivity index (χ4n) is 3.61. The molecule has 1 atom stereocenters. The lowest BCUT2D eigenvalue weighted by molar-refractivity contribution is -0.125. The summed E-state index contributed by atoms with van der Waals surface area (Å²) in [6.45, 7) is 7.37. The zero-order valence-electron chi connectivity index (χ0n) is 15.1. The van der Waals surface area contributed by atoms with Crippen molar-refractivity contribution in [3.05, 3.63) is 17.5 Å². The van der Waals surface area contributed by atoms with E-state index in [1.165, 1.54) is 12.8 Å². The minimum Gasteiger partial charge on any atom is -0.356 e. The van der Waals surface area contributed by atoms with E-state index in [1.807, 2.05) is 6.20 Å². The van der Waals surface area contributed by atoms with Crippen LogP contribution in [0, 0.1) is 11.8 Å². The van der Waals surface area contributed by atoms with Gasteiger partial charge in [0.1, 0.15) is 0 Å². The van der Waals surface area contributed by atoms with Gasteiger partial charge in [0.25, 0.3) is 0 Å². The Bertz CT molecular complexity index is 566. The number of carbonyl (C=O) groups is 1. The smallest absolute Gasteiger partial charge is 0.225 e. The van der Waals surface area contributed by atoms with Crippen LogP contribution in [0.1, 0.15) is 57.2 Å². The van der Waals surface area contributed by atoms with Crippen molar-refractivity contribution in [3.63, 3.8) is 0 Å². The number of anilines is 1. The third-order valence-corrected chi connectivity index (χ3v) is 5.40. The molecule has 132 valence electrons. The molecule has 1 amide bonds. The third-order valence-electron chi connectivity index (χ3n) is 5.40. The number of aryl methyl sites for hydroxylation is 1. The van der Waals surface area contributed by atoms with Crippen LogP contribution in [0.15, 0.2) is 6.20 Å². The summed E-state index contributed by atoms with van der Waals surface area (Å²) in [5.74, 6) is 1.97. The molecule has 0 aromatic carbocycles. The molecule has 0 spiro atoms. The lowest BCUT2D eigenvalue weighted by atomic mass is 9.86. The van der Waals surface area contributed by atoms with Crippen LogP contribution in [0.2, 0.25) is 0 Å². The molecule has 2 heterocycles. The summed E-state index contributed by atoms with van der Waals surface area (Å²) in [7, 11) is 0. The Morgan fingerprint density at radius 1 is 1.33 bits per heavy atom. The van der Waals surface area contributed by atoms with E-state index in [2.05, 4.69) is 29.0 Å². The molecule has 0 bridgehead atoms. The first-order valence-corrected chi connectivity index (χ1v) is 9.54. The molecule has 1 aliphatic carbocycles. The zero-order valence-corrected chi connectivity index (χ0v) is 15.1. The Balaban J connectivity index is 1.61. The first kappa shape index (κ1) is 17.2. The van der Waals surface area contributed by atoms with E-state index in [4.69, 9.17) is 4.98 Å². The van der Waals surface area contributed by atoms with Crippen molar-refractivity contribution in [2.75, 3.05) is 24.5 Å². The quantitative estimate of drug-likeness (QED) is 0.844. The summed E-state index contributed by atoms with van der Waals surface area (Å²) in [6, 6.07) is 0. The number of rotatable bonds is 5. The van der Waals surface area contributed by atoms with Gasteiger partial charge in [-0.25, -0.2) is 9.97 Å². The molecule has 0 saturated carbocycles. The molecular formula is C19H30N4O. The van der Waals surface area contributed by atoms with Crippen molar-refractivity contribution < 1.29 is 4.79 Å². The van der Waals surface area contributed by atoms with E-state index in [1.54, 1.807) is 0 Å². The number of aromatic nitrogens is 2. The predicted octanol–water partition coefficient (Wildman–Crippen LogP) is 2.73. The molecule has 0 unspecified atom stereocenters. The number of fused-ring (bicyclic) bond motifs is 1. The van der Waals surface area contributed by atoms with Gasteiger partial charge in [-0.3, -0.25) is 4.79 Å². The van der Waals surface area contributed by atoms with E-state index < -0.39 is 0 Å². The maximum Gasteiger partial charge on any atom is 0.225 e. The number of amides is 1. The average Bonchev–Trinajstić information content (AvgIpc) is 2.61. The van der Waals surface area contributed by atoms with Crippen molar-refractivity contribution in [1.29, 1.82) is 0 Å². The third kappa shape index (κ3) is 4.05. The van der Waals surface area contributed by atoms with Gasteiger partial charge in [0.05, 0.1) is 0 Å². The fourth-order valence-corrected chi connectivity index (χ4v) is 3.61. The number of unbranched alkanes of at least 4 members (excludes halogenated alkanes) is 1. The summed E-state index contributed by atoms with van der Waals surface area (Å²) < 4.78 is 0. The summed E-state index contributed by atoms with van der Waals surface area (Å²) in [5.41, 5.74) is 2.31. The van der Waals surface area contributed by atoms with E-state index >= 15 is 0 Å². The maximum absolute atomic E-state index is 12.3. The van der Waals surface area contributed by atoms with E-state index in [0.29, 0.717) is 0 Å². The lowest BCUT2D eigenvalue weighted by Crippen LogP contribution is -2.36. The number of hydrogen-bond acceptors (Lipinski definition) is 4. The van der Waals surface area contributed by atoms with Gasteiger partial charge in [-0.2, -0.15) is 0 Å². The highest BCUT2D eigenvalue weighted by Gasteiger charge is 2.27. The van der Waals surface area contributed by atoms with Gasteiger partial charge in [0.15, 0.2) is 0 Å². The Morgan fingerprint density at radius 3 is 2.88 bits per heavy atom. The SMILES string of the molecule is CCCCNC(=O)[C@@H]1CCc2nc(N3CCC(C)CC3)ncc2C1. The Morgan fingerprint density at radius 2 is 2.12 bits per heavy atom. The molecule has 1 fully saturated rings. The maximum atomic E-state index is 12.3. The van der Waals surface area contributed by atoms with Crippen molar-refractivity contribution in [1.82, 2.24) is 15.3 Å². The number of hydrogen-bond donors (Lipinski definition) is 1. The largest absolute Gasteiger partial charge is 0.356 e. The van der Waals surface area contributed by atoms with Gasteiger partial charge in [-0.05, 0) is 50.0 Å². The zero-order chi connectivity index (χ0) is 16.9. The van der Waals surface area contributed by atoms with E-state index in [9.17, 15) is 4.79 Å². The monoisotopic (exact) mass is 330 g/mol. The second-order valence-electron chi connectivity index (χ2n) is 7.40. The van der Waals surface area contributed by atoms with Crippen molar-refractivity contribution in [2.45, 2.75) is 58.8 Å². The highest BCUT2D eigenvalue weighted by molar-refractivity contribution is 5.79. The van der Waals surface area contributed by atoms with Gasteiger partial charge < -0.3 is 10.2 Å². The van der Waals surface area contributed by atoms with Crippen LogP contribution in [-0.2, 0) is 17.6 Å².